The first-order valence-corrected chi connectivity index (χ1v) is 4.03. The first-order chi connectivity index (χ1) is 5.57. The van der Waals surface area contributed by atoms with Gasteiger partial charge in [0, 0.05) is 0 Å². The van der Waals surface area contributed by atoms with Gasteiger partial charge < -0.3 is 9.57 Å². The van der Waals surface area contributed by atoms with Gasteiger partial charge in [-0.05, 0) is 12.8 Å². The molecule has 0 aliphatic rings. The molecule has 0 aromatic carbocycles. The van der Waals surface area contributed by atoms with Crippen LogP contribution in [0.5, 0.6) is 0 Å². The fourth-order valence-electron chi connectivity index (χ4n) is 0.565. The Bertz CT molecular complexity index is 136. The fraction of sp³-hybridized carbons (Fsp3) is 0.875. The molecule has 4 heteroatoms. The Morgan fingerprint density at radius 2 is 2.00 bits per heavy atom. The van der Waals surface area contributed by atoms with Crippen LogP contribution in [0.4, 0.5) is 0 Å². The summed E-state index contributed by atoms with van der Waals surface area (Å²) in [6.07, 6.45) is 0. The van der Waals surface area contributed by atoms with Crippen LogP contribution >= 0.6 is 0 Å². The average Bonchev–Trinajstić information content (AvgIpc) is 2.02. The van der Waals surface area contributed by atoms with Crippen molar-refractivity contribution >= 4 is 5.97 Å². The van der Waals surface area contributed by atoms with Crippen molar-refractivity contribution in [3.05, 3.63) is 0 Å². The van der Waals surface area contributed by atoms with Crippen LogP contribution in [0.2, 0.25) is 0 Å². The zero-order valence-electron chi connectivity index (χ0n) is 8.09. The molecule has 0 amide bonds. The Hall–Kier alpha value is -0.610. The van der Waals surface area contributed by atoms with Crippen LogP contribution in [-0.2, 0) is 14.4 Å². The summed E-state index contributed by atoms with van der Waals surface area (Å²) in [7, 11) is 1.35. The molecule has 0 spiro atoms. The summed E-state index contributed by atoms with van der Waals surface area (Å²) in [5, 5.41) is 0. The second kappa shape index (κ2) is 5.97. The lowest BCUT2D eigenvalue weighted by Crippen LogP contribution is -2.35. The van der Waals surface area contributed by atoms with E-state index in [0.717, 1.165) is 0 Å². The van der Waals surface area contributed by atoms with Crippen molar-refractivity contribution in [2.45, 2.75) is 26.8 Å². The van der Waals surface area contributed by atoms with Gasteiger partial charge in [-0.3, -0.25) is 4.79 Å². The summed E-state index contributed by atoms with van der Waals surface area (Å²) in [5.41, 5.74) is 2.59. The van der Waals surface area contributed by atoms with Gasteiger partial charge in [-0.15, -0.1) is 0 Å². The first kappa shape index (κ1) is 11.4. The number of ether oxygens (including phenoxy) is 1. The number of hydrogen-bond acceptors (Lipinski definition) is 4. The Labute approximate surface area is 73.2 Å². The van der Waals surface area contributed by atoms with E-state index in [9.17, 15) is 4.79 Å². The first-order valence-electron chi connectivity index (χ1n) is 4.03. The largest absolute Gasteiger partial charge is 0.468 e. The van der Waals surface area contributed by atoms with E-state index in [4.69, 9.17) is 4.84 Å². The van der Waals surface area contributed by atoms with Crippen LogP contribution in [0.1, 0.15) is 20.8 Å². The summed E-state index contributed by atoms with van der Waals surface area (Å²) in [6.45, 7) is 6.34. The molecule has 0 aromatic heterocycles. The number of carbonyl (C=O) groups excluding carboxylic acids is 1. The molecule has 1 unspecified atom stereocenters. The van der Waals surface area contributed by atoms with Gasteiger partial charge >= 0.3 is 5.97 Å². The van der Waals surface area contributed by atoms with Gasteiger partial charge in [0.25, 0.3) is 0 Å². The van der Waals surface area contributed by atoms with Crippen LogP contribution in [0.25, 0.3) is 0 Å². The highest BCUT2D eigenvalue weighted by atomic mass is 16.6. The molecule has 0 fully saturated rings. The van der Waals surface area contributed by atoms with E-state index in [1.165, 1.54) is 7.11 Å². The highest BCUT2D eigenvalue weighted by Gasteiger charge is 2.11. The number of nitrogens with one attached hydrogen (secondary N) is 1. The predicted molar refractivity (Wildman–Crippen MR) is 45.4 cm³/mol. The second-order valence-electron chi connectivity index (χ2n) is 3.07. The molecule has 72 valence electrons. The van der Waals surface area contributed by atoms with Gasteiger partial charge in [-0.1, -0.05) is 13.8 Å². The van der Waals surface area contributed by atoms with Crippen molar-refractivity contribution in [2.75, 3.05) is 13.7 Å². The lowest BCUT2D eigenvalue weighted by atomic mass is 10.2. The maximum absolute atomic E-state index is 10.8. The van der Waals surface area contributed by atoms with E-state index in [1.807, 2.05) is 13.8 Å². The monoisotopic (exact) mass is 175 g/mol. The van der Waals surface area contributed by atoms with E-state index >= 15 is 0 Å². The topological polar surface area (TPSA) is 47.6 Å². The molecule has 4 nitrogen and oxygen atoms in total. The number of rotatable bonds is 5. The summed E-state index contributed by atoms with van der Waals surface area (Å²) in [5.74, 6) is 0.126. The molecule has 0 aromatic rings. The molecule has 0 rings (SSSR count). The number of hydrogen-bond donors (Lipinski definition) is 1. The van der Waals surface area contributed by atoms with Crippen molar-refractivity contribution in [3.63, 3.8) is 0 Å². The highest BCUT2D eigenvalue weighted by molar-refractivity contribution is 5.74. The van der Waals surface area contributed by atoms with Crippen molar-refractivity contribution in [1.29, 1.82) is 0 Å². The smallest absolute Gasteiger partial charge is 0.324 e. The van der Waals surface area contributed by atoms with E-state index in [2.05, 4.69) is 10.2 Å². The van der Waals surface area contributed by atoms with Gasteiger partial charge in [-0.2, -0.15) is 5.48 Å². The van der Waals surface area contributed by atoms with Crippen LogP contribution in [0.3, 0.4) is 0 Å². The van der Waals surface area contributed by atoms with Crippen molar-refractivity contribution in [1.82, 2.24) is 5.48 Å². The van der Waals surface area contributed by atoms with Crippen LogP contribution in [0, 0.1) is 5.92 Å². The Morgan fingerprint density at radius 3 is 2.42 bits per heavy atom. The average molecular weight is 175 g/mol. The zero-order valence-corrected chi connectivity index (χ0v) is 8.09. The van der Waals surface area contributed by atoms with Crippen molar-refractivity contribution in [3.8, 4) is 0 Å². The quantitative estimate of drug-likeness (QED) is 0.494. The summed E-state index contributed by atoms with van der Waals surface area (Å²) in [4.78, 5) is 15.9. The maximum atomic E-state index is 10.8. The number of hydroxylamine groups is 1. The van der Waals surface area contributed by atoms with Crippen molar-refractivity contribution in [2.24, 2.45) is 5.92 Å². The van der Waals surface area contributed by atoms with Gasteiger partial charge in [-0.25, -0.2) is 0 Å². The summed E-state index contributed by atoms with van der Waals surface area (Å²) < 4.78 is 4.49. The number of methoxy groups -OCH3 is 1. The van der Waals surface area contributed by atoms with Gasteiger partial charge in [0.1, 0.15) is 6.04 Å². The van der Waals surface area contributed by atoms with Gasteiger partial charge in [0.2, 0.25) is 0 Å². The molecule has 0 heterocycles. The number of carbonyl (C=O) groups is 1. The summed E-state index contributed by atoms with van der Waals surface area (Å²) >= 11 is 0. The minimum atomic E-state index is -0.409. The molecule has 0 aliphatic carbocycles. The summed E-state index contributed by atoms with van der Waals surface area (Å²) in [6, 6.07) is -0.409. The predicted octanol–water partition coefficient (Wildman–Crippen LogP) is 0.725. The molecule has 0 saturated heterocycles. The molecule has 0 aliphatic heterocycles. The van der Waals surface area contributed by atoms with E-state index in [0.29, 0.717) is 12.5 Å². The van der Waals surface area contributed by atoms with E-state index in [-0.39, 0.29) is 5.97 Å². The Balaban J connectivity index is 3.43. The van der Waals surface area contributed by atoms with Crippen LogP contribution in [0.15, 0.2) is 0 Å². The molecule has 1 N–H and O–H groups in total. The lowest BCUT2D eigenvalue weighted by Gasteiger charge is -2.12. The Kier molecular flexibility index (Phi) is 5.66. The van der Waals surface area contributed by atoms with Gasteiger partial charge in [0.05, 0.1) is 13.7 Å². The highest BCUT2D eigenvalue weighted by Crippen LogP contribution is 1.92. The van der Waals surface area contributed by atoms with Gasteiger partial charge in [0.15, 0.2) is 0 Å². The van der Waals surface area contributed by atoms with E-state index in [1.54, 1.807) is 6.92 Å². The fourth-order valence-corrected chi connectivity index (χ4v) is 0.565. The SMILES string of the molecule is COC(=O)C(C)NOCC(C)C. The third-order valence-electron chi connectivity index (χ3n) is 1.23. The molecule has 0 radical (unpaired) electrons. The van der Waals surface area contributed by atoms with Crippen molar-refractivity contribution < 1.29 is 14.4 Å². The minimum Gasteiger partial charge on any atom is -0.468 e. The molecular formula is C8H17NO3. The molecule has 0 saturated carbocycles. The molecule has 12 heavy (non-hydrogen) atoms. The van der Waals surface area contributed by atoms with E-state index < -0.39 is 6.04 Å². The third kappa shape index (κ3) is 5.09. The zero-order chi connectivity index (χ0) is 9.56. The second-order valence-corrected chi connectivity index (χ2v) is 3.07. The van der Waals surface area contributed by atoms with Crippen LogP contribution < -0.4 is 5.48 Å². The van der Waals surface area contributed by atoms with Crippen LogP contribution in [-0.4, -0.2) is 25.7 Å². The standard InChI is InChI=1S/C8H17NO3/c1-6(2)5-12-9-7(3)8(10)11-4/h6-7,9H,5H2,1-4H3. The third-order valence-corrected chi connectivity index (χ3v) is 1.23. The minimum absolute atomic E-state index is 0.321. The normalized spacial score (nSPS) is 13.1. The lowest BCUT2D eigenvalue weighted by molar-refractivity contribution is -0.147. The maximum Gasteiger partial charge on any atom is 0.324 e. The molecular weight excluding hydrogens is 158 g/mol. The number of esters is 1. The molecule has 1 atom stereocenters. The molecule has 0 bridgehead atoms. The Morgan fingerprint density at radius 1 is 1.42 bits per heavy atom.